The number of pyridine rings is 1. The lowest BCUT2D eigenvalue weighted by atomic mass is 9.99. The quantitative estimate of drug-likeness (QED) is 0.547. The molecule has 0 spiro atoms. The molecule has 30 heavy (non-hydrogen) atoms. The Morgan fingerprint density at radius 1 is 1.03 bits per heavy atom. The maximum atomic E-state index is 13.4. The third kappa shape index (κ3) is 4.42. The number of halogens is 1. The van der Waals surface area contributed by atoms with E-state index in [1.165, 1.54) is 0 Å². The van der Waals surface area contributed by atoms with Crippen LogP contribution in [0.15, 0.2) is 54.7 Å². The molecular formula is C24H28ClN3O2. The summed E-state index contributed by atoms with van der Waals surface area (Å²) in [5.41, 5.74) is 3.19. The van der Waals surface area contributed by atoms with Crippen LogP contribution in [-0.2, 0) is 0 Å². The number of carbonyl (C=O) groups is 1. The van der Waals surface area contributed by atoms with Crippen LogP contribution >= 0.6 is 12.4 Å². The number of aromatic nitrogens is 1. The fraction of sp³-hybridized carbons (Fsp3) is 0.333. The zero-order valence-corrected chi connectivity index (χ0v) is 18.3. The van der Waals surface area contributed by atoms with Gasteiger partial charge in [-0.2, -0.15) is 0 Å². The third-order valence-corrected chi connectivity index (χ3v) is 5.54. The molecule has 1 aromatic heterocycles. The van der Waals surface area contributed by atoms with Crippen LogP contribution in [0.5, 0.6) is 5.75 Å². The zero-order valence-electron chi connectivity index (χ0n) is 17.5. The first-order valence-electron chi connectivity index (χ1n) is 10.3. The van der Waals surface area contributed by atoms with Gasteiger partial charge in [0.15, 0.2) is 5.78 Å². The van der Waals surface area contributed by atoms with Gasteiger partial charge in [-0.1, -0.05) is 37.3 Å². The van der Waals surface area contributed by atoms with Crippen molar-refractivity contribution in [1.29, 1.82) is 0 Å². The van der Waals surface area contributed by atoms with E-state index in [2.05, 4.69) is 21.7 Å². The summed E-state index contributed by atoms with van der Waals surface area (Å²) in [6.07, 6.45) is 1.74. The van der Waals surface area contributed by atoms with Crippen LogP contribution in [0.1, 0.15) is 29.8 Å². The van der Waals surface area contributed by atoms with E-state index >= 15 is 0 Å². The van der Waals surface area contributed by atoms with Gasteiger partial charge in [-0.3, -0.25) is 9.78 Å². The monoisotopic (exact) mass is 425 g/mol. The largest absolute Gasteiger partial charge is 0.494 e. The number of carbonyl (C=O) groups excluding carboxylic acids is 1. The summed E-state index contributed by atoms with van der Waals surface area (Å²) in [5.74, 6) is 0.814. The molecule has 0 atom stereocenters. The predicted molar refractivity (Wildman–Crippen MR) is 124 cm³/mol. The first kappa shape index (κ1) is 22.1. The molecule has 0 radical (unpaired) electrons. The number of fused-ring (bicyclic) bond motifs is 1. The van der Waals surface area contributed by atoms with Crippen LogP contribution in [0, 0.1) is 0 Å². The summed E-state index contributed by atoms with van der Waals surface area (Å²) < 4.78 is 5.74. The molecule has 2 aromatic carbocycles. The molecule has 5 nitrogen and oxygen atoms in total. The molecular weight excluding hydrogens is 398 g/mol. The van der Waals surface area contributed by atoms with Crippen molar-refractivity contribution >= 4 is 34.8 Å². The molecule has 0 unspecified atom stereocenters. The number of ether oxygens (including phenoxy) is 1. The standard InChI is InChI=1S/C24H27N3O2.ClH/c1-3-26-12-14-27(15-13-26)23-20-16-19(29-4-2)10-11-22(20)25-17-21(23)24(28)18-8-6-5-7-9-18;/h5-11,16-17H,3-4,12-15H2,1-2H3;1H. The van der Waals surface area contributed by atoms with E-state index < -0.39 is 0 Å². The Morgan fingerprint density at radius 2 is 1.77 bits per heavy atom. The average molecular weight is 426 g/mol. The van der Waals surface area contributed by atoms with Gasteiger partial charge in [0.05, 0.1) is 23.4 Å². The number of hydrogen-bond donors (Lipinski definition) is 0. The Balaban J connectivity index is 0.00000256. The number of benzene rings is 2. The average Bonchev–Trinajstić information content (AvgIpc) is 2.78. The molecule has 1 fully saturated rings. The predicted octanol–water partition coefficient (Wildman–Crippen LogP) is 4.43. The minimum atomic E-state index is 0. The van der Waals surface area contributed by atoms with E-state index in [4.69, 9.17) is 4.74 Å². The molecule has 0 aliphatic carbocycles. The zero-order chi connectivity index (χ0) is 20.2. The van der Waals surface area contributed by atoms with Crippen molar-refractivity contribution in [2.75, 3.05) is 44.2 Å². The molecule has 0 bridgehead atoms. The number of ketones is 1. The molecule has 0 amide bonds. The molecule has 1 aliphatic heterocycles. The maximum absolute atomic E-state index is 13.4. The maximum Gasteiger partial charge on any atom is 0.196 e. The molecule has 2 heterocycles. The van der Waals surface area contributed by atoms with Gasteiger partial charge in [-0.25, -0.2) is 0 Å². The van der Waals surface area contributed by atoms with Crippen molar-refractivity contribution in [3.05, 3.63) is 65.9 Å². The second kappa shape index (κ2) is 9.92. The molecule has 158 valence electrons. The van der Waals surface area contributed by atoms with Gasteiger partial charge in [0.2, 0.25) is 0 Å². The summed E-state index contributed by atoms with van der Waals surface area (Å²) >= 11 is 0. The van der Waals surface area contributed by atoms with Gasteiger partial charge in [0, 0.05) is 43.3 Å². The van der Waals surface area contributed by atoms with Crippen molar-refractivity contribution in [2.45, 2.75) is 13.8 Å². The molecule has 6 heteroatoms. The van der Waals surface area contributed by atoms with E-state index in [0.717, 1.165) is 55.1 Å². The number of nitrogens with zero attached hydrogens (tertiary/aromatic N) is 3. The van der Waals surface area contributed by atoms with E-state index in [-0.39, 0.29) is 18.2 Å². The summed E-state index contributed by atoms with van der Waals surface area (Å²) in [6.45, 7) is 9.58. The highest BCUT2D eigenvalue weighted by Gasteiger charge is 2.24. The van der Waals surface area contributed by atoms with E-state index in [1.807, 2.05) is 55.5 Å². The van der Waals surface area contributed by atoms with Crippen LogP contribution in [0.3, 0.4) is 0 Å². The molecule has 0 saturated carbocycles. The van der Waals surface area contributed by atoms with E-state index in [0.29, 0.717) is 17.7 Å². The van der Waals surface area contributed by atoms with Gasteiger partial charge < -0.3 is 14.5 Å². The van der Waals surface area contributed by atoms with Gasteiger partial charge in [0.25, 0.3) is 0 Å². The molecule has 4 rings (SSSR count). The highest BCUT2D eigenvalue weighted by Crippen LogP contribution is 2.34. The van der Waals surface area contributed by atoms with Crippen LogP contribution in [0.25, 0.3) is 10.9 Å². The van der Waals surface area contributed by atoms with Gasteiger partial charge >= 0.3 is 0 Å². The minimum Gasteiger partial charge on any atom is -0.494 e. The van der Waals surface area contributed by atoms with Crippen LogP contribution in [0.2, 0.25) is 0 Å². The molecule has 3 aromatic rings. The fourth-order valence-electron chi connectivity index (χ4n) is 3.95. The van der Waals surface area contributed by atoms with E-state index in [9.17, 15) is 4.79 Å². The second-order valence-electron chi connectivity index (χ2n) is 7.25. The van der Waals surface area contributed by atoms with Gasteiger partial charge in [-0.15, -0.1) is 12.4 Å². The number of hydrogen-bond acceptors (Lipinski definition) is 5. The molecule has 1 saturated heterocycles. The van der Waals surface area contributed by atoms with E-state index in [1.54, 1.807) is 6.20 Å². The summed E-state index contributed by atoms with van der Waals surface area (Å²) in [7, 11) is 0. The SMILES string of the molecule is CCOc1ccc2ncc(C(=O)c3ccccc3)c(N3CCN(CC)CC3)c2c1.Cl. The lowest BCUT2D eigenvalue weighted by Crippen LogP contribution is -2.46. The number of rotatable bonds is 6. The van der Waals surface area contributed by atoms with Crippen molar-refractivity contribution in [3.63, 3.8) is 0 Å². The summed E-state index contributed by atoms with van der Waals surface area (Å²) in [6, 6.07) is 15.4. The van der Waals surface area contributed by atoms with Crippen molar-refractivity contribution in [2.24, 2.45) is 0 Å². The Hall–Kier alpha value is -2.63. The highest BCUT2D eigenvalue weighted by molar-refractivity contribution is 6.16. The van der Waals surface area contributed by atoms with Crippen molar-refractivity contribution in [3.8, 4) is 5.75 Å². The number of anilines is 1. The Bertz CT molecular complexity index is 1000. The fourth-order valence-corrected chi connectivity index (χ4v) is 3.95. The lowest BCUT2D eigenvalue weighted by molar-refractivity contribution is 0.103. The summed E-state index contributed by atoms with van der Waals surface area (Å²) in [5, 5.41) is 0.975. The number of likely N-dealkylation sites (N-methyl/N-ethyl adjacent to an activating group) is 1. The second-order valence-corrected chi connectivity index (χ2v) is 7.25. The van der Waals surface area contributed by atoms with Crippen LogP contribution in [-0.4, -0.2) is 55.0 Å². The van der Waals surface area contributed by atoms with Crippen molar-refractivity contribution in [1.82, 2.24) is 9.88 Å². The Labute approximate surface area is 184 Å². The van der Waals surface area contributed by atoms with Crippen LogP contribution in [0.4, 0.5) is 5.69 Å². The Kier molecular flexibility index (Phi) is 7.29. The number of piperazine rings is 1. The topological polar surface area (TPSA) is 45.7 Å². The van der Waals surface area contributed by atoms with Gasteiger partial charge in [0.1, 0.15) is 5.75 Å². The normalized spacial score (nSPS) is 14.4. The minimum absolute atomic E-state index is 0. The first-order chi connectivity index (χ1) is 14.2. The Morgan fingerprint density at radius 3 is 2.43 bits per heavy atom. The summed E-state index contributed by atoms with van der Waals surface area (Å²) in [4.78, 5) is 22.7. The molecule has 0 N–H and O–H groups in total. The molecule has 1 aliphatic rings. The van der Waals surface area contributed by atoms with Crippen molar-refractivity contribution < 1.29 is 9.53 Å². The third-order valence-electron chi connectivity index (χ3n) is 5.54. The van der Waals surface area contributed by atoms with Crippen LogP contribution < -0.4 is 9.64 Å². The van der Waals surface area contributed by atoms with Gasteiger partial charge in [-0.05, 0) is 31.7 Å². The smallest absolute Gasteiger partial charge is 0.196 e. The highest BCUT2D eigenvalue weighted by atomic mass is 35.5. The lowest BCUT2D eigenvalue weighted by Gasteiger charge is -2.36. The first-order valence-corrected chi connectivity index (χ1v) is 10.3.